The number of anilines is 1. The molecule has 3 aromatic carbocycles. The highest BCUT2D eigenvalue weighted by molar-refractivity contribution is 6.07. The van der Waals surface area contributed by atoms with Crippen LogP contribution in [-0.4, -0.2) is 97.2 Å². The lowest BCUT2D eigenvalue weighted by Crippen LogP contribution is -2.52. The highest BCUT2D eigenvalue weighted by Crippen LogP contribution is 2.32. The molecule has 5 heterocycles. The molecule has 0 bridgehead atoms. The number of hydrogen-bond donors (Lipinski definition) is 2. The molecule has 2 saturated heterocycles. The maximum Gasteiger partial charge on any atom is 0.255 e. The highest BCUT2D eigenvalue weighted by Gasteiger charge is 2.40. The Kier molecular flexibility index (Phi) is 12.1. The van der Waals surface area contributed by atoms with Crippen molar-refractivity contribution >= 4 is 41.0 Å². The van der Waals surface area contributed by atoms with Gasteiger partial charge in [-0.05, 0) is 65.9 Å². The van der Waals surface area contributed by atoms with Crippen molar-refractivity contribution in [2.45, 2.75) is 64.6 Å². The standard InChI is InChI=1S/C47H46N8O6/c1-30-7-8-32(24-35(30)26-42-49-19-17-38(50-42)34-4-3-18-48-27-34)25-41(56)33-11-9-31(10-12-33)28-53-20-22-54(23-21-53)45(59)16-15-43(57)51-39-6-2-5-36-37(39)29-55(47(36)61)40-13-14-44(58)52-46(40)60/h2-12,17-19,24,27,40H,13-16,20-23,25-26,28-29H2,1H3,(H,51,57)(H,52,58,60). The van der Waals surface area contributed by atoms with E-state index in [2.05, 4.69) is 38.5 Å². The monoisotopic (exact) mass is 818 g/mol. The Morgan fingerprint density at radius 2 is 1.67 bits per heavy atom. The number of fused-ring (bicyclic) bond motifs is 1. The number of carbonyl (C=O) groups is 6. The largest absolute Gasteiger partial charge is 0.340 e. The van der Waals surface area contributed by atoms with Crippen molar-refractivity contribution in [2.75, 3.05) is 31.5 Å². The van der Waals surface area contributed by atoms with Crippen molar-refractivity contribution in [1.82, 2.24) is 35.0 Å². The number of pyridine rings is 1. The first-order valence-electron chi connectivity index (χ1n) is 20.6. The summed E-state index contributed by atoms with van der Waals surface area (Å²) in [5.74, 6) is -0.873. The van der Waals surface area contributed by atoms with Crippen LogP contribution < -0.4 is 10.6 Å². The average Bonchev–Trinajstić information content (AvgIpc) is 3.61. The van der Waals surface area contributed by atoms with Gasteiger partial charge in [-0.1, -0.05) is 48.5 Å². The molecule has 0 spiro atoms. The molecule has 61 heavy (non-hydrogen) atoms. The van der Waals surface area contributed by atoms with E-state index in [-0.39, 0.29) is 68.1 Å². The molecule has 0 aliphatic carbocycles. The van der Waals surface area contributed by atoms with E-state index in [1.165, 1.54) is 4.90 Å². The number of Topliss-reactive ketones (excluding diaryl/α,β-unsaturated/α-hetero) is 1. The maximum atomic E-state index is 13.4. The minimum atomic E-state index is -0.752. The second-order valence-electron chi connectivity index (χ2n) is 15.8. The van der Waals surface area contributed by atoms with Crippen LogP contribution in [0.1, 0.15) is 80.0 Å². The van der Waals surface area contributed by atoms with Gasteiger partial charge >= 0.3 is 0 Å². The molecule has 2 aromatic heterocycles. The number of benzene rings is 3. The number of aromatic nitrogens is 3. The van der Waals surface area contributed by atoms with E-state index in [4.69, 9.17) is 4.98 Å². The first-order valence-corrected chi connectivity index (χ1v) is 20.6. The number of hydrogen-bond acceptors (Lipinski definition) is 10. The van der Waals surface area contributed by atoms with Gasteiger partial charge in [-0.3, -0.25) is 44.0 Å². The molecule has 8 rings (SSSR count). The number of amides is 5. The molecule has 5 amide bonds. The molecule has 310 valence electrons. The highest BCUT2D eigenvalue weighted by atomic mass is 16.2. The Hall–Kier alpha value is -6.93. The van der Waals surface area contributed by atoms with Crippen LogP contribution >= 0.6 is 0 Å². The van der Waals surface area contributed by atoms with Gasteiger partial charge in [-0.2, -0.15) is 0 Å². The lowest BCUT2D eigenvalue weighted by atomic mass is 9.97. The summed E-state index contributed by atoms with van der Waals surface area (Å²) in [7, 11) is 0. The van der Waals surface area contributed by atoms with Crippen LogP contribution in [0.4, 0.5) is 5.69 Å². The van der Waals surface area contributed by atoms with Crippen LogP contribution in [0, 0.1) is 6.92 Å². The number of piperidine rings is 1. The molecule has 3 aliphatic heterocycles. The fraction of sp³-hybridized carbons (Fsp3) is 0.298. The fourth-order valence-electron chi connectivity index (χ4n) is 8.15. The van der Waals surface area contributed by atoms with E-state index in [1.807, 2.05) is 54.6 Å². The van der Waals surface area contributed by atoms with Crippen LogP contribution in [0.3, 0.4) is 0 Å². The van der Waals surface area contributed by atoms with Gasteiger partial charge < -0.3 is 15.1 Å². The number of ketones is 1. The third kappa shape index (κ3) is 9.60. The van der Waals surface area contributed by atoms with Crippen LogP contribution in [0.5, 0.6) is 0 Å². The SMILES string of the molecule is Cc1ccc(CC(=O)c2ccc(CN3CCN(C(=O)CCC(=O)Nc4cccc5c4CN(C4CCC(=O)NC4=O)C5=O)CC3)cc2)cc1Cc1nccc(-c2cccnc2)n1. The molecule has 14 heteroatoms. The van der Waals surface area contributed by atoms with Crippen molar-refractivity contribution in [3.8, 4) is 11.3 Å². The molecule has 5 aromatic rings. The first-order chi connectivity index (χ1) is 29.6. The van der Waals surface area contributed by atoms with E-state index in [1.54, 1.807) is 41.7 Å². The van der Waals surface area contributed by atoms with E-state index < -0.39 is 11.9 Å². The molecule has 1 unspecified atom stereocenters. The molecular weight excluding hydrogens is 773 g/mol. The third-order valence-electron chi connectivity index (χ3n) is 11.6. The van der Waals surface area contributed by atoms with Crippen LogP contribution in [-0.2, 0) is 45.1 Å². The summed E-state index contributed by atoms with van der Waals surface area (Å²) in [4.78, 5) is 95.6. The Morgan fingerprint density at radius 3 is 2.44 bits per heavy atom. The Labute approximate surface area is 353 Å². The van der Waals surface area contributed by atoms with Gasteiger partial charge in [0.2, 0.25) is 23.6 Å². The number of nitrogens with zero attached hydrogens (tertiary/aromatic N) is 6. The Morgan fingerprint density at radius 1 is 0.869 bits per heavy atom. The van der Waals surface area contributed by atoms with Crippen molar-refractivity contribution < 1.29 is 28.8 Å². The predicted octanol–water partition coefficient (Wildman–Crippen LogP) is 4.69. The minimum Gasteiger partial charge on any atom is -0.340 e. The number of piperazine rings is 1. The minimum absolute atomic E-state index is 0.0134. The molecule has 2 N–H and O–H groups in total. The van der Waals surface area contributed by atoms with Gasteiger partial charge in [0.15, 0.2) is 5.78 Å². The van der Waals surface area contributed by atoms with Crippen molar-refractivity contribution in [1.29, 1.82) is 0 Å². The second kappa shape index (κ2) is 18.1. The number of imide groups is 1. The number of carbonyl (C=O) groups excluding carboxylic acids is 6. The van der Waals surface area contributed by atoms with Gasteiger partial charge in [0.1, 0.15) is 11.9 Å². The van der Waals surface area contributed by atoms with E-state index in [0.717, 1.165) is 33.5 Å². The zero-order valence-electron chi connectivity index (χ0n) is 33.9. The summed E-state index contributed by atoms with van der Waals surface area (Å²) in [6, 6.07) is 23.8. The Bertz CT molecular complexity index is 2500. The summed E-state index contributed by atoms with van der Waals surface area (Å²) < 4.78 is 0. The van der Waals surface area contributed by atoms with Gasteiger partial charge in [0, 0.05) is 118 Å². The van der Waals surface area contributed by atoms with Crippen molar-refractivity contribution in [3.05, 3.63) is 142 Å². The molecule has 2 fully saturated rings. The number of aryl methyl sites for hydroxylation is 1. The lowest BCUT2D eigenvalue weighted by Gasteiger charge is -2.34. The second-order valence-corrected chi connectivity index (χ2v) is 15.8. The maximum absolute atomic E-state index is 13.4. The normalized spacial score (nSPS) is 16.6. The lowest BCUT2D eigenvalue weighted by molar-refractivity contribution is -0.137. The summed E-state index contributed by atoms with van der Waals surface area (Å²) in [5, 5.41) is 5.16. The van der Waals surface area contributed by atoms with Crippen LogP contribution in [0.25, 0.3) is 11.3 Å². The summed E-state index contributed by atoms with van der Waals surface area (Å²) >= 11 is 0. The smallest absolute Gasteiger partial charge is 0.255 e. The molecule has 0 saturated carbocycles. The van der Waals surface area contributed by atoms with Crippen molar-refractivity contribution in [2.24, 2.45) is 0 Å². The fourth-order valence-corrected chi connectivity index (χ4v) is 8.15. The molecule has 0 radical (unpaired) electrons. The summed E-state index contributed by atoms with van der Waals surface area (Å²) in [6.07, 6.45) is 6.55. The third-order valence-corrected chi connectivity index (χ3v) is 11.6. The molecule has 3 aliphatic rings. The van der Waals surface area contributed by atoms with E-state index in [0.29, 0.717) is 67.3 Å². The van der Waals surface area contributed by atoms with E-state index >= 15 is 0 Å². The van der Waals surface area contributed by atoms with Crippen LogP contribution in [0.15, 0.2) is 97.5 Å². The Balaban J connectivity index is 0.777. The first kappa shape index (κ1) is 40.8. The topological polar surface area (TPSA) is 175 Å². The predicted molar refractivity (Wildman–Crippen MR) is 226 cm³/mol. The van der Waals surface area contributed by atoms with Gasteiger partial charge in [0.05, 0.1) is 5.69 Å². The quantitative estimate of drug-likeness (QED) is 0.125. The molecular formula is C47H46N8O6. The number of nitrogens with one attached hydrogen (secondary N) is 2. The molecule has 1 atom stereocenters. The van der Waals surface area contributed by atoms with E-state index in [9.17, 15) is 28.8 Å². The average molecular weight is 819 g/mol. The zero-order valence-corrected chi connectivity index (χ0v) is 33.9. The number of rotatable bonds is 13. The molecule has 14 nitrogen and oxygen atoms in total. The van der Waals surface area contributed by atoms with Crippen molar-refractivity contribution in [3.63, 3.8) is 0 Å². The summed E-state index contributed by atoms with van der Waals surface area (Å²) in [6.45, 7) is 5.33. The zero-order chi connectivity index (χ0) is 42.5. The van der Waals surface area contributed by atoms with Gasteiger partial charge in [-0.25, -0.2) is 9.97 Å². The summed E-state index contributed by atoms with van der Waals surface area (Å²) in [5.41, 5.74) is 8.07. The van der Waals surface area contributed by atoms with Gasteiger partial charge in [-0.15, -0.1) is 0 Å². The van der Waals surface area contributed by atoms with Crippen LogP contribution in [0.2, 0.25) is 0 Å². The van der Waals surface area contributed by atoms with Gasteiger partial charge in [0.25, 0.3) is 5.91 Å².